The van der Waals surface area contributed by atoms with Gasteiger partial charge in [-0.2, -0.15) is 5.90 Å². The summed E-state index contributed by atoms with van der Waals surface area (Å²) >= 11 is 0. The number of rotatable bonds is 12. The molecule has 2 rings (SSSR count). The largest absolute Gasteiger partial charge is 0.381 e. The van der Waals surface area contributed by atoms with Crippen LogP contribution in [0.4, 0.5) is 0 Å². The van der Waals surface area contributed by atoms with Gasteiger partial charge in [0.15, 0.2) is 5.75 Å². The number of aliphatic hydroxyl groups excluding tert-OH is 2. The molecular formula is C21H39N5O8. The summed E-state index contributed by atoms with van der Waals surface area (Å²) in [5.74, 6) is 5.44. The van der Waals surface area contributed by atoms with Gasteiger partial charge in [0.2, 0.25) is 0 Å². The molecule has 1 aliphatic rings. The van der Waals surface area contributed by atoms with Gasteiger partial charge in [0.1, 0.15) is 0 Å². The topological polar surface area (TPSA) is 157 Å². The molecular weight excluding hydrogens is 450 g/mol. The van der Waals surface area contributed by atoms with E-state index < -0.39 is 0 Å². The number of aliphatic hydroxyl groups is 2. The van der Waals surface area contributed by atoms with Gasteiger partial charge in [0.25, 0.3) is 0 Å². The van der Waals surface area contributed by atoms with Crippen molar-refractivity contribution in [1.29, 1.82) is 0 Å². The fraction of sp³-hybridized carbons (Fsp3) is 0.714. The molecule has 1 atom stereocenters. The maximum Gasteiger partial charge on any atom is 0.167 e. The van der Waals surface area contributed by atoms with E-state index in [1.54, 1.807) is 12.1 Å². The molecule has 0 saturated carbocycles. The SMILES string of the molecule is NOOc1ccc(CC2CN(CCOO)CCN(CO)CCN(CO)CCN2CCOO)cc1. The smallest absolute Gasteiger partial charge is 0.167 e. The molecule has 1 heterocycles. The molecule has 1 saturated heterocycles. The Balaban J connectivity index is 2.26. The van der Waals surface area contributed by atoms with Crippen molar-refractivity contribution < 1.29 is 40.4 Å². The fourth-order valence-electron chi connectivity index (χ4n) is 4.06. The van der Waals surface area contributed by atoms with Crippen LogP contribution in [0.3, 0.4) is 0 Å². The van der Waals surface area contributed by atoms with Crippen molar-refractivity contribution in [1.82, 2.24) is 19.6 Å². The average Bonchev–Trinajstić information content (AvgIpc) is 2.85. The minimum absolute atomic E-state index is 0.0221. The molecule has 196 valence electrons. The molecule has 1 fully saturated rings. The van der Waals surface area contributed by atoms with Crippen molar-refractivity contribution in [3.05, 3.63) is 29.8 Å². The first-order chi connectivity index (χ1) is 16.6. The number of hydrogen-bond donors (Lipinski definition) is 5. The van der Waals surface area contributed by atoms with Gasteiger partial charge in [-0.25, -0.2) is 9.78 Å². The fourth-order valence-corrected chi connectivity index (χ4v) is 4.06. The lowest BCUT2D eigenvalue weighted by molar-refractivity contribution is -0.246. The zero-order chi connectivity index (χ0) is 24.6. The molecule has 0 amide bonds. The summed E-state index contributed by atoms with van der Waals surface area (Å²) in [5, 5.41) is 37.5. The summed E-state index contributed by atoms with van der Waals surface area (Å²) in [5.41, 5.74) is 1.06. The molecule has 0 bridgehead atoms. The third kappa shape index (κ3) is 10.4. The predicted molar refractivity (Wildman–Crippen MR) is 122 cm³/mol. The Kier molecular flexibility index (Phi) is 14.4. The average molecular weight is 490 g/mol. The van der Waals surface area contributed by atoms with Crippen molar-refractivity contribution >= 4 is 0 Å². The Hall–Kier alpha value is -1.46. The number of benzene rings is 1. The highest BCUT2D eigenvalue weighted by Crippen LogP contribution is 2.17. The van der Waals surface area contributed by atoms with Crippen LogP contribution in [0.2, 0.25) is 0 Å². The Morgan fingerprint density at radius 1 is 0.794 bits per heavy atom. The van der Waals surface area contributed by atoms with Crippen molar-refractivity contribution in [2.45, 2.75) is 12.5 Å². The molecule has 1 aromatic carbocycles. The standard InChI is InChI=1S/C21H39N5O8/c22-34-33-21-3-1-19(2-4-21)15-20-16-23(11-13-31-29)5-6-24(17-27)7-8-25(18-28)9-10-26(20)12-14-32-30/h1-4,20,27-30H,5-18,22H2. The van der Waals surface area contributed by atoms with Crippen LogP contribution in [0.25, 0.3) is 0 Å². The van der Waals surface area contributed by atoms with E-state index in [0.717, 1.165) is 5.56 Å². The normalized spacial score (nSPS) is 20.7. The van der Waals surface area contributed by atoms with Crippen molar-refractivity contribution in [2.24, 2.45) is 5.90 Å². The predicted octanol–water partition coefficient (Wildman–Crippen LogP) is -1.12. The van der Waals surface area contributed by atoms with Crippen LogP contribution < -0.4 is 10.8 Å². The lowest BCUT2D eigenvalue weighted by atomic mass is 10.0. The highest BCUT2D eigenvalue weighted by atomic mass is 17.3. The van der Waals surface area contributed by atoms with E-state index in [2.05, 4.69) is 24.6 Å². The third-order valence-electron chi connectivity index (χ3n) is 6.06. The maximum absolute atomic E-state index is 9.81. The lowest BCUT2D eigenvalue weighted by Crippen LogP contribution is -2.52. The molecule has 0 spiro atoms. The molecule has 0 aliphatic carbocycles. The summed E-state index contributed by atoms with van der Waals surface area (Å²) in [6.07, 6.45) is 0.689. The van der Waals surface area contributed by atoms with Crippen LogP contribution in [0.5, 0.6) is 5.75 Å². The van der Waals surface area contributed by atoms with Crippen molar-refractivity contribution in [2.75, 3.05) is 85.6 Å². The highest BCUT2D eigenvalue weighted by Gasteiger charge is 2.24. The first-order valence-corrected chi connectivity index (χ1v) is 11.4. The van der Waals surface area contributed by atoms with Crippen LogP contribution in [0.15, 0.2) is 24.3 Å². The summed E-state index contributed by atoms with van der Waals surface area (Å²) < 4.78 is 0. The minimum Gasteiger partial charge on any atom is -0.381 e. The second-order valence-corrected chi connectivity index (χ2v) is 8.20. The molecule has 1 aromatic rings. The number of nitrogens with zero attached hydrogens (tertiary/aromatic N) is 4. The Labute approximate surface area is 200 Å². The van der Waals surface area contributed by atoms with Crippen LogP contribution in [-0.4, -0.2) is 132 Å². The highest BCUT2D eigenvalue weighted by molar-refractivity contribution is 5.27. The van der Waals surface area contributed by atoms with Crippen LogP contribution in [0, 0.1) is 0 Å². The number of hydrogen-bond acceptors (Lipinski definition) is 13. The molecule has 1 unspecified atom stereocenters. The van der Waals surface area contributed by atoms with Gasteiger partial charge in [-0.05, 0) is 24.1 Å². The third-order valence-corrected chi connectivity index (χ3v) is 6.06. The quantitative estimate of drug-likeness (QED) is 0.178. The van der Waals surface area contributed by atoms with Gasteiger partial charge in [-0.15, -0.1) is 0 Å². The lowest BCUT2D eigenvalue weighted by Gasteiger charge is -2.38. The van der Waals surface area contributed by atoms with Gasteiger partial charge in [0.05, 0.1) is 26.7 Å². The second kappa shape index (κ2) is 17.0. The molecule has 0 radical (unpaired) electrons. The summed E-state index contributed by atoms with van der Waals surface area (Å²) in [7, 11) is 0. The minimum atomic E-state index is -0.0844. The van der Waals surface area contributed by atoms with Crippen LogP contribution in [0.1, 0.15) is 5.56 Å². The molecule has 34 heavy (non-hydrogen) atoms. The first kappa shape index (κ1) is 28.8. The molecule has 0 aromatic heterocycles. The first-order valence-electron chi connectivity index (χ1n) is 11.4. The van der Waals surface area contributed by atoms with E-state index in [4.69, 9.17) is 21.3 Å². The van der Waals surface area contributed by atoms with Crippen molar-refractivity contribution in [3.8, 4) is 5.75 Å². The molecule has 13 heteroatoms. The summed E-state index contributed by atoms with van der Waals surface area (Å²) in [6.45, 7) is 5.56. The molecule has 13 nitrogen and oxygen atoms in total. The maximum atomic E-state index is 9.81. The summed E-state index contributed by atoms with van der Waals surface area (Å²) in [6, 6.07) is 7.42. The Morgan fingerprint density at radius 2 is 1.35 bits per heavy atom. The van der Waals surface area contributed by atoms with E-state index >= 15 is 0 Å². The van der Waals surface area contributed by atoms with E-state index in [0.29, 0.717) is 71.1 Å². The van der Waals surface area contributed by atoms with E-state index in [-0.39, 0.29) is 32.7 Å². The monoisotopic (exact) mass is 489 g/mol. The van der Waals surface area contributed by atoms with Gasteiger partial charge >= 0.3 is 0 Å². The van der Waals surface area contributed by atoms with Gasteiger partial charge in [-0.1, -0.05) is 17.1 Å². The Bertz CT molecular complexity index is 644. The molecule has 6 N–H and O–H groups in total. The van der Waals surface area contributed by atoms with Gasteiger partial charge in [-0.3, -0.25) is 30.1 Å². The van der Waals surface area contributed by atoms with E-state index in [1.807, 2.05) is 21.9 Å². The van der Waals surface area contributed by atoms with Crippen molar-refractivity contribution in [3.63, 3.8) is 0 Å². The number of nitrogens with two attached hydrogens (primary N) is 1. The van der Waals surface area contributed by atoms with E-state index in [9.17, 15) is 10.2 Å². The van der Waals surface area contributed by atoms with Gasteiger partial charge < -0.3 is 15.1 Å². The summed E-state index contributed by atoms with van der Waals surface area (Å²) in [4.78, 5) is 26.0. The second-order valence-electron chi connectivity index (χ2n) is 8.20. The van der Waals surface area contributed by atoms with Gasteiger partial charge in [0, 0.05) is 64.9 Å². The molecule has 1 aliphatic heterocycles. The van der Waals surface area contributed by atoms with E-state index in [1.165, 1.54) is 0 Å². The van der Waals surface area contributed by atoms with Crippen LogP contribution in [-0.2, 0) is 21.2 Å². The Morgan fingerprint density at radius 3 is 1.91 bits per heavy atom. The van der Waals surface area contributed by atoms with Crippen LogP contribution >= 0.6 is 0 Å². The zero-order valence-electron chi connectivity index (χ0n) is 19.6. The zero-order valence-corrected chi connectivity index (χ0v) is 19.6.